The molecule has 94 valence electrons. The second-order valence-electron chi connectivity index (χ2n) is 5.09. The fourth-order valence-electron chi connectivity index (χ4n) is 2.50. The quantitative estimate of drug-likeness (QED) is 0.846. The van der Waals surface area contributed by atoms with Crippen LogP contribution >= 0.6 is 0 Å². The molecule has 1 aromatic rings. The van der Waals surface area contributed by atoms with E-state index < -0.39 is 0 Å². The Bertz CT molecular complexity index is 345. The Morgan fingerprint density at radius 2 is 2.35 bits per heavy atom. The van der Waals surface area contributed by atoms with Gasteiger partial charge in [0.05, 0.1) is 6.10 Å². The van der Waals surface area contributed by atoms with Crippen LogP contribution in [0.4, 0.5) is 0 Å². The Hall–Kier alpha value is -0.860. The highest BCUT2D eigenvalue weighted by atomic mass is 16.5. The summed E-state index contributed by atoms with van der Waals surface area (Å²) in [4.78, 5) is 0. The molecule has 0 aromatic heterocycles. The minimum Gasteiger partial charge on any atom is -0.378 e. The van der Waals surface area contributed by atoms with Crippen LogP contribution in [-0.2, 0) is 4.74 Å². The van der Waals surface area contributed by atoms with E-state index in [2.05, 4.69) is 31.2 Å². The number of benzene rings is 1. The Kier molecular flexibility index (Phi) is 4.57. The smallest absolute Gasteiger partial charge is 0.0576 e. The minimum atomic E-state index is 0.177. The Balaban J connectivity index is 1.74. The Labute approximate surface area is 104 Å². The van der Waals surface area contributed by atoms with E-state index in [0.29, 0.717) is 6.10 Å². The van der Waals surface area contributed by atoms with Crippen LogP contribution in [0, 0.1) is 6.92 Å². The topological polar surface area (TPSA) is 35.2 Å². The molecule has 0 aliphatic carbocycles. The van der Waals surface area contributed by atoms with Gasteiger partial charge in [-0.25, -0.2) is 0 Å². The zero-order valence-electron chi connectivity index (χ0n) is 10.7. The maximum atomic E-state index is 6.21. The van der Waals surface area contributed by atoms with Crippen molar-refractivity contribution < 1.29 is 4.74 Å². The molecule has 2 unspecified atom stereocenters. The van der Waals surface area contributed by atoms with Gasteiger partial charge < -0.3 is 10.5 Å². The van der Waals surface area contributed by atoms with E-state index in [-0.39, 0.29) is 6.04 Å². The summed E-state index contributed by atoms with van der Waals surface area (Å²) in [6, 6.07) is 8.70. The summed E-state index contributed by atoms with van der Waals surface area (Å²) in [7, 11) is 0. The van der Waals surface area contributed by atoms with Crippen LogP contribution in [-0.4, -0.2) is 12.7 Å². The highest BCUT2D eigenvalue weighted by Crippen LogP contribution is 2.22. The molecule has 17 heavy (non-hydrogen) atoms. The molecule has 0 bridgehead atoms. The van der Waals surface area contributed by atoms with Crippen LogP contribution in [0.3, 0.4) is 0 Å². The van der Waals surface area contributed by atoms with Gasteiger partial charge in [-0.15, -0.1) is 0 Å². The lowest BCUT2D eigenvalue weighted by atomic mass is 9.99. The molecule has 1 aliphatic heterocycles. The van der Waals surface area contributed by atoms with Gasteiger partial charge in [0.1, 0.15) is 0 Å². The van der Waals surface area contributed by atoms with Gasteiger partial charge in [0.15, 0.2) is 0 Å². The van der Waals surface area contributed by atoms with Crippen molar-refractivity contribution in [2.45, 2.75) is 51.2 Å². The lowest BCUT2D eigenvalue weighted by molar-refractivity contribution is 0.101. The average Bonchev–Trinajstić information content (AvgIpc) is 2.82. The van der Waals surface area contributed by atoms with Crippen molar-refractivity contribution in [2.24, 2.45) is 5.73 Å². The van der Waals surface area contributed by atoms with Crippen molar-refractivity contribution in [2.75, 3.05) is 6.61 Å². The second kappa shape index (κ2) is 6.18. The van der Waals surface area contributed by atoms with Crippen molar-refractivity contribution in [3.63, 3.8) is 0 Å². The summed E-state index contributed by atoms with van der Waals surface area (Å²) in [6.45, 7) is 3.07. The van der Waals surface area contributed by atoms with E-state index in [4.69, 9.17) is 10.5 Å². The van der Waals surface area contributed by atoms with Gasteiger partial charge in [-0.3, -0.25) is 0 Å². The normalized spacial score (nSPS) is 21.6. The van der Waals surface area contributed by atoms with Gasteiger partial charge in [0.25, 0.3) is 0 Å². The predicted octanol–water partition coefficient (Wildman–Crippen LogP) is 3.34. The first-order valence-corrected chi connectivity index (χ1v) is 6.69. The monoisotopic (exact) mass is 233 g/mol. The van der Waals surface area contributed by atoms with E-state index in [0.717, 1.165) is 13.0 Å². The molecule has 1 heterocycles. The summed E-state index contributed by atoms with van der Waals surface area (Å²) in [5.41, 5.74) is 8.76. The third kappa shape index (κ3) is 3.83. The molecule has 0 spiro atoms. The van der Waals surface area contributed by atoms with Crippen LogP contribution in [0.25, 0.3) is 0 Å². The van der Waals surface area contributed by atoms with E-state index in [1.165, 1.54) is 36.8 Å². The van der Waals surface area contributed by atoms with Crippen LogP contribution in [0.15, 0.2) is 24.3 Å². The first-order chi connectivity index (χ1) is 8.25. The van der Waals surface area contributed by atoms with Crippen LogP contribution in [0.1, 0.15) is 49.3 Å². The average molecular weight is 233 g/mol. The molecule has 1 saturated heterocycles. The third-order valence-electron chi connectivity index (χ3n) is 3.54. The zero-order valence-corrected chi connectivity index (χ0v) is 10.7. The van der Waals surface area contributed by atoms with E-state index >= 15 is 0 Å². The predicted molar refractivity (Wildman–Crippen MR) is 70.9 cm³/mol. The van der Waals surface area contributed by atoms with Gasteiger partial charge in [-0.05, 0) is 44.6 Å². The largest absolute Gasteiger partial charge is 0.378 e. The van der Waals surface area contributed by atoms with Gasteiger partial charge in [-0.2, -0.15) is 0 Å². The summed E-state index contributed by atoms with van der Waals surface area (Å²) in [6.07, 6.45) is 6.36. The maximum absolute atomic E-state index is 6.21. The molecular formula is C15H23NO. The van der Waals surface area contributed by atoms with Crippen molar-refractivity contribution in [1.82, 2.24) is 0 Å². The van der Waals surface area contributed by atoms with E-state index in [1.54, 1.807) is 0 Å². The molecular weight excluding hydrogens is 210 g/mol. The molecule has 0 amide bonds. The minimum absolute atomic E-state index is 0.177. The number of rotatable bonds is 5. The molecule has 1 aromatic carbocycles. The molecule has 2 N–H and O–H groups in total. The van der Waals surface area contributed by atoms with Gasteiger partial charge in [-0.1, -0.05) is 29.8 Å². The van der Waals surface area contributed by atoms with Gasteiger partial charge in [0.2, 0.25) is 0 Å². The molecule has 2 rings (SSSR count). The summed E-state index contributed by atoms with van der Waals surface area (Å²) >= 11 is 0. The van der Waals surface area contributed by atoms with E-state index in [9.17, 15) is 0 Å². The van der Waals surface area contributed by atoms with Crippen molar-refractivity contribution in [3.8, 4) is 0 Å². The summed E-state index contributed by atoms with van der Waals surface area (Å²) in [5.74, 6) is 0. The Morgan fingerprint density at radius 1 is 1.47 bits per heavy atom. The lowest BCUT2D eigenvalue weighted by Crippen LogP contribution is -2.12. The third-order valence-corrected chi connectivity index (χ3v) is 3.54. The van der Waals surface area contributed by atoms with Gasteiger partial charge >= 0.3 is 0 Å². The first kappa shape index (κ1) is 12.6. The number of nitrogens with two attached hydrogens (primary N) is 1. The van der Waals surface area contributed by atoms with Crippen LogP contribution < -0.4 is 5.73 Å². The molecule has 0 saturated carbocycles. The molecule has 1 fully saturated rings. The second-order valence-corrected chi connectivity index (χ2v) is 5.09. The molecule has 1 aliphatic rings. The number of hydrogen-bond donors (Lipinski definition) is 1. The Morgan fingerprint density at radius 3 is 3.06 bits per heavy atom. The molecule has 2 nitrogen and oxygen atoms in total. The SMILES string of the molecule is Cc1cccc(C(N)CCCC2CCCO2)c1. The van der Waals surface area contributed by atoms with Crippen molar-refractivity contribution >= 4 is 0 Å². The number of hydrogen-bond acceptors (Lipinski definition) is 2. The highest BCUT2D eigenvalue weighted by molar-refractivity contribution is 5.24. The van der Waals surface area contributed by atoms with Crippen LogP contribution in [0.2, 0.25) is 0 Å². The highest BCUT2D eigenvalue weighted by Gasteiger charge is 2.15. The fourth-order valence-corrected chi connectivity index (χ4v) is 2.50. The summed E-state index contributed by atoms with van der Waals surface area (Å²) < 4.78 is 5.62. The zero-order chi connectivity index (χ0) is 12.1. The van der Waals surface area contributed by atoms with E-state index in [1.807, 2.05) is 0 Å². The number of ether oxygens (including phenoxy) is 1. The fraction of sp³-hybridized carbons (Fsp3) is 0.600. The van der Waals surface area contributed by atoms with Crippen molar-refractivity contribution in [1.29, 1.82) is 0 Å². The number of aryl methyl sites for hydroxylation is 1. The van der Waals surface area contributed by atoms with Gasteiger partial charge in [0, 0.05) is 12.6 Å². The van der Waals surface area contributed by atoms with Crippen molar-refractivity contribution in [3.05, 3.63) is 35.4 Å². The first-order valence-electron chi connectivity index (χ1n) is 6.69. The molecule has 2 heteroatoms. The maximum Gasteiger partial charge on any atom is 0.0576 e. The molecule has 2 atom stereocenters. The van der Waals surface area contributed by atoms with Crippen LogP contribution in [0.5, 0.6) is 0 Å². The summed E-state index contributed by atoms with van der Waals surface area (Å²) in [5, 5.41) is 0. The molecule has 0 radical (unpaired) electrons. The standard InChI is InChI=1S/C15H23NO/c1-12-5-2-6-13(11-12)15(16)9-3-7-14-8-4-10-17-14/h2,5-6,11,14-15H,3-4,7-10,16H2,1H3. The lowest BCUT2D eigenvalue weighted by Gasteiger charge is -2.14.